The molecule has 5 nitrogen and oxygen atoms in total. The van der Waals surface area contributed by atoms with E-state index in [1.807, 2.05) is 66.5 Å². The molecule has 1 fully saturated rings. The maximum atomic E-state index is 15.3. The van der Waals surface area contributed by atoms with Gasteiger partial charge in [-0.15, -0.1) is 11.3 Å². The van der Waals surface area contributed by atoms with E-state index in [0.717, 1.165) is 52.6 Å². The summed E-state index contributed by atoms with van der Waals surface area (Å²) in [6.45, 7) is 1.67. The van der Waals surface area contributed by atoms with Crippen molar-refractivity contribution in [3.63, 3.8) is 0 Å². The smallest absolute Gasteiger partial charge is 0.266 e. The predicted octanol–water partition coefficient (Wildman–Crippen LogP) is 7.52. The van der Waals surface area contributed by atoms with E-state index in [2.05, 4.69) is 5.32 Å². The van der Waals surface area contributed by atoms with Gasteiger partial charge < -0.3 is 15.1 Å². The molecule has 1 aliphatic rings. The van der Waals surface area contributed by atoms with Crippen LogP contribution in [0.25, 0.3) is 21.2 Å². The van der Waals surface area contributed by atoms with Crippen molar-refractivity contribution in [3.05, 3.63) is 88.0 Å². The number of thiophene rings is 1. The minimum atomic E-state index is -0.346. The number of nitrogens with zero attached hydrogens (tertiary/aromatic N) is 2. The van der Waals surface area contributed by atoms with E-state index in [9.17, 15) is 9.59 Å². The number of carbonyl (C=O) groups is 2. The number of hydrogen-bond donors (Lipinski definition) is 1. The number of anilines is 1. The number of halogens is 2. The van der Waals surface area contributed by atoms with Crippen LogP contribution in [0.15, 0.2) is 66.7 Å². The summed E-state index contributed by atoms with van der Waals surface area (Å²) in [4.78, 5) is 29.7. The first-order chi connectivity index (χ1) is 19.3. The molecule has 0 aliphatic heterocycles. The van der Waals surface area contributed by atoms with E-state index in [-0.39, 0.29) is 30.2 Å². The van der Waals surface area contributed by atoms with Gasteiger partial charge in [-0.3, -0.25) is 9.59 Å². The molecule has 208 valence electrons. The maximum Gasteiger partial charge on any atom is 0.266 e. The van der Waals surface area contributed by atoms with Crippen LogP contribution in [0.5, 0.6) is 0 Å². The van der Waals surface area contributed by atoms with E-state index in [1.54, 1.807) is 18.0 Å². The number of amides is 2. The van der Waals surface area contributed by atoms with Crippen LogP contribution in [0.2, 0.25) is 5.02 Å². The van der Waals surface area contributed by atoms with Crippen molar-refractivity contribution in [2.45, 2.75) is 51.2 Å². The molecule has 0 bridgehead atoms. The highest BCUT2D eigenvalue weighted by Crippen LogP contribution is 2.38. The minimum Gasteiger partial charge on any atom is -0.330 e. The molecule has 1 aliphatic carbocycles. The van der Waals surface area contributed by atoms with E-state index < -0.39 is 0 Å². The van der Waals surface area contributed by atoms with Crippen LogP contribution in [0.4, 0.5) is 10.1 Å². The second-order valence-corrected chi connectivity index (χ2v) is 11.8. The molecule has 8 heteroatoms. The van der Waals surface area contributed by atoms with Gasteiger partial charge in [0.15, 0.2) is 0 Å². The fourth-order valence-corrected chi connectivity index (χ4v) is 6.91. The number of rotatable bonds is 7. The Balaban J connectivity index is 1.47. The number of fused-ring (bicyclic) bond motifs is 1. The fraction of sp³-hybridized carbons (Fsp3) is 0.312. The zero-order chi connectivity index (χ0) is 28.4. The zero-order valence-electron chi connectivity index (χ0n) is 22.9. The number of carbonyl (C=O) groups excluding carboxylic acids is 2. The van der Waals surface area contributed by atoms with Crippen LogP contribution < -0.4 is 10.2 Å². The van der Waals surface area contributed by atoms with E-state index in [4.69, 9.17) is 11.6 Å². The number of nitrogens with one attached hydrogen (secondary N) is 1. The average Bonchev–Trinajstić information content (AvgIpc) is 3.32. The molecule has 3 aromatic carbocycles. The van der Waals surface area contributed by atoms with E-state index in [0.29, 0.717) is 21.5 Å². The molecule has 0 unspecified atom stereocenters. The predicted molar refractivity (Wildman–Crippen MR) is 163 cm³/mol. The Kier molecular flexibility index (Phi) is 8.54. The topological polar surface area (TPSA) is 52.6 Å². The van der Waals surface area contributed by atoms with Crippen molar-refractivity contribution in [1.82, 2.24) is 10.2 Å². The normalized spacial score (nSPS) is 17.1. The van der Waals surface area contributed by atoms with Gasteiger partial charge in [0.25, 0.3) is 5.91 Å². The van der Waals surface area contributed by atoms with Gasteiger partial charge in [-0.25, -0.2) is 4.39 Å². The van der Waals surface area contributed by atoms with E-state index >= 15 is 4.39 Å². The molecule has 0 radical (unpaired) electrons. The van der Waals surface area contributed by atoms with Crippen molar-refractivity contribution in [2.24, 2.45) is 0 Å². The van der Waals surface area contributed by atoms with Gasteiger partial charge in [0.2, 0.25) is 5.91 Å². The summed E-state index contributed by atoms with van der Waals surface area (Å²) in [5.41, 5.74) is 3.00. The Hall–Kier alpha value is -3.26. The van der Waals surface area contributed by atoms with Crippen molar-refractivity contribution in [1.29, 1.82) is 0 Å². The van der Waals surface area contributed by atoms with Gasteiger partial charge in [0.05, 0.1) is 5.02 Å². The van der Waals surface area contributed by atoms with E-state index in [1.165, 1.54) is 24.3 Å². The van der Waals surface area contributed by atoms with Crippen LogP contribution in [0, 0.1) is 5.82 Å². The van der Waals surface area contributed by atoms with Crippen molar-refractivity contribution in [2.75, 3.05) is 19.0 Å². The third-order valence-corrected chi connectivity index (χ3v) is 9.65. The lowest BCUT2D eigenvalue weighted by Crippen LogP contribution is -2.44. The summed E-state index contributed by atoms with van der Waals surface area (Å²) < 4.78 is 16.2. The summed E-state index contributed by atoms with van der Waals surface area (Å²) in [6.07, 6.45) is 3.59. The van der Waals surface area contributed by atoms with Crippen LogP contribution in [-0.4, -0.2) is 42.9 Å². The fourth-order valence-electron chi connectivity index (χ4n) is 5.44. The van der Waals surface area contributed by atoms with Crippen molar-refractivity contribution >= 4 is 50.5 Å². The summed E-state index contributed by atoms with van der Waals surface area (Å²) in [6, 6.07) is 20.8. The van der Waals surface area contributed by atoms with Gasteiger partial charge in [-0.1, -0.05) is 48.0 Å². The molecule has 1 aromatic heterocycles. The van der Waals surface area contributed by atoms with Crippen LogP contribution in [-0.2, 0) is 11.3 Å². The molecule has 0 spiro atoms. The standard InChI is InChI=1S/C32H33ClFN3O2S/c1-20(38)36(3)25-13-8-21(9-14-25)22-10-17-28(34)23(18-22)19-37(26-15-11-24(35-2)12-16-26)32(39)31-30(33)27-6-4-5-7-29(27)40-31/h4-10,13-14,17-18,24,26,35H,11-12,15-16,19H2,1-3H3. The molecule has 1 heterocycles. The van der Waals surface area contributed by atoms with Crippen molar-refractivity contribution < 1.29 is 14.0 Å². The molecule has 2 amide bonds. The zero-order valence-corrected chi connectivity index (χ0v) is 24.5. The molecule has 5 rings (SSSR count). The maximum absolute atomic E-state index is 15.3. The van der Waals surface area contributed by atoms with Gasteiger partial charge in [-0.05, 0) is 74.2 Å². The molecule has 40 heavy (non-hydrogen) atoms. The molecule has 1 saturated carbocycles. The highest BCUT2D eigenvalue weighted by Gasteiger charge is 2.32. The first-order valence-electron chi connectivity index (χ1n) is 13.5. The highest BCUT2D eigenvalue weighted by molar-refractivity contribution is 7.21. The summed E-state index contributed by atoms with van der Waals surface area (Å²) >= 11 is 8.12. The van der Waals surface area contributed by atoms with Crippen LogP contribution in [0.1, 0.15) is 47.8 Å². The second kappa shape index (κ2) is 12.1. The molecular formula is C32H33ClFN3O2S. The lowest BCUT2D eigenvalue weighted by Gasteiger charge is -2.37. The van der Waals surface area contributed by atoms with Gasteiger partial charge in [0, 0.05) is 53.9 Å². The average molecular weight is 578 g/mol. The summed E-state index contributed by atoms with van der Waals surface area (Å²) in [7, 11) is 3.70. The Morgan fingerprint density at radius 1 is 1.00 bits per heavy atom. The summed E-state index contributed by atoms with van der Waals surface area (Å²) in [5.74, 6) is -0.551. The second-order valence-electron chi connectivity index (χ2n) is 10.4. The SMILES string of the molecule is CNC1CCC(N(Cc2cc(-c3ccc(N(C)C(C)=O)cc3)ccc2F)C(=O)c2sc3ccccc3c2Cl)CC1. The largest absolute Gasteiger partial charge is 0.330 e. The number of benzene rings is 3. The number of hydrogen-bond acceptors (Lipinski definition) is 4. The highest BCUT2D eigenvalue weighted by atomic mass is 35.5. The molecule has 0 saturated heterocycles. The Morgan fingerprint density at radius 2 is 1.68 bits per heavy atom. The Morgan fingerprint density at radius 3 is 2.33 bits per heavy atom. The quantitative estimate of drug-likeness (QED) is 0.247. The van der Waals surface area contributed by atoms with Gasteiger partial charge >= 0.3 is 0 Å². The van der Waals surface area contributed by atoms with Crippen molar-refractivity contribution in [3.8, 4) is 11.1 Å². The molecular weight excluding hydrogens is 545 g/mol. The van der Waals surface area contributed by atoms with Crippen LogP contribution in [0.3, 0.4) is 0 Å². The molecule has 1 N–H and O–H groups in total. The lowest BCUT2D eigenvalue weighted by atomic mass is 9.89. The first kappa shape index (κ1) is 28.3. The van der Waals surface area contributed by atoms with Crippen LogP contribution >= 0.6 is 22.9 Å². The lowest BCUT2D eigenvalue weighted by molar-refractivity contribution is -0.116. The minimum absolute atomic E-state index is 0.0113. The monoisotopic (exact) mass is 577 g/mol. The molecule has 4 aromatic rings. The Labute approximate surface area is 243 Å². The first-order valence-corrected chi connectivity index (χ1v) is 14.7. The molecule has 0 atom stereocenters. The van der Waals surface area contributed by atoms with Gasteiger partial charge in [0.1, 0.15) is 10.7 Å². The third-order valence-electron chi connectivity index (χ3n) is 7.98. The third kappa shape index (κ3) is 5.78. The Bertz CT molecular complexity index is 1530. The summed E-state index contributed by atoms with van der Waals surface area (Å²) in [5, 5.41) is 4.68. The van der Waals surface area contributed by atoms with Gasteiger partial charge in [-0.2, -0.15) is 0 Å².